The lowest BCUT2D eigenvalue weighted by atomic mass is 10.0. The van der Waals surface area contributed by atoms with Crippen LogP contribution < -0.4 is 10.4 Å². The van der Waals surface area contributed by atoms with Gasteiger partial charge >= 0.3 is 5.69 Å². The van der Waals surface area contributed by atoms with E-state index in [9.17, 15) is 9.18 Å². The van der Waals surface area contributed by atoms with Gasteiger partial charge in [-0.1, -0.05) is 43.3 Å². The maximum atomic E-state index is 14.8. The van der Waals surface area contributed by atoms with Gasteiger partial charge in [0, 0.05) is 12.6 Å². The molecule has 32 heavy (non-hydrogen) atoms. The van der Waals surface area contributed by atoms with Crippen LogP contribution in [0.5, 0.6) is 5.75 Å². The van der Waals surface area contributed by atoms with Crippen molar-refractivity contribution in [3.05, 3.63) is 99.5 Å². The Hall–Kier alpha value is -4.25. The molecule has 0 atom stereocenters. The fraction of sp³-hybridized carbons (Fsp3) is 0.167. The van der Waals surface area contributed by atoms with E-state index < -0.39 is 5.82 Å². The zero-order chi connectivity index (χ0) is 22.7. The topological polar surface area (TPSA) is 66.3 Å². The number of nitrogens with zero attached hydrogens (tertiary/aromatic N) is 5. The fourth-order valence-electron chi connectivity index (χ4n) is 3.48. The van der Waals surface area contributed by atoms with Crippen molar-refractivity contribution in [2.75, 3.05) is 0 Å². The van der Waals surface area contributed by atoms with Crippen LogP contribution >= 0.6 is 0 Å². The minimum absolute atomic E-state index is 0.0613. The summed E-state index contributed by atoms with van der Waals surface area (Å²) in [5.41, 5.74) is 3.78. The van der Waals surface area contributed by atoms with Gasteiger partial charge in [-0.3, -0.25) is 0 Å². The standard InChI is InChI=1S/C24H20FN5O2/c1-4-16-7-6-10-22(30-24(31)29(3)27-28-30)20(16)15-32-23-12-11-18(14-21(23)25)17-8-5-9-19(13-17)26-2/h5-14H,4,15H2,1,3H3. The molecule has 0 fully saturated rings. The molecule has 0 radical (unpaired) electrons. The second-order valence-electron chi connectivity index (χ2n) is 7.16. The lowest BCUT2D eigenvalue weighted by Crippen LogP contribution is -2.23. The highest BCUT2D eigenvalue weighted by Crippen LogP contribution is 2.29. The first-order valence-electron chi connectivity index (χ1n) is 10.0. The van der Waals surface area contributed by atoms with Gasteiger partial charge in [0.15, 0.2) is 17.3 Å². The molecule has 8 heteroatoms. The van der Waals surface area contributed by atoms with Crippen molar-refractivity contribution < 1.29 is 9.13 Å². The summed E-state index contributed by atoms with van der Waals surface area (Å²) < 4.78 is 23.0. The van der Waals surface area contributed by atoms with Gasteiger partial charge in [0.25, 0.3) is 0 Å². The predicted molar refractivity (Wildman–Crippen MR) is 118 cm³/mol. The molecule has 7 nitrogen and oxygen atoms in total. The van der Waals surface area contributed by atoms with Gasteiger partial charge in [-0.05, 0) is 57.8 Å². The summed E-state index contributed by atoms with van der Waals surface area (Å²) in [5.74, 6) is -0.415. The van der Waals surface area contributed by atoms with E-state index >= 15 is 0 Å². The molecule has 0 bridgehead atoms. The Morgan fingerprint density at radius 2 is 1.84 bits per heavy atom. The van der Waals surface area contributed by atoms with Crippen LogP contribution in [0.1, 0.15) is 18.1 Å². The molecular weight excluding hydrogens is 409 g/mol. The van der Waals surface area contributed by atoms with Gasteiger partial charge in [0.2, 0.25) is 0 Å². The van der Waals surface area contributed by atoms with Crippen LogP contribution in [-0.4, -0.2) is 19.8 Å². The monoisotopic (exact) mass is 429 g/mol. The van der Waals surface area contributed by atoms with Crippen LogP contribution in [0.2, 0.25) is 0 Å². The highest BCUT2D eigenvalue weighted by atomic mass is 19.1. The molecule has 0 aliphatic carbocycles. The SMILES string of the molecule is [C-]#[N+]c1cccc(-c2ccc(OCc3c(CC)cccc3-n3nnn(C)c3=O)c(F)c2)c1. The average Bonchev–Trinajstić information content (AvgIpc) is 3.16. The summed E-state index contributed by atoms with van der Waals surface area (Å²) in [4.78, 5) is 15.8. The molecule has 0 unspecified atom stereocenters. The van der Waals surface area contributed by atoms with Crippen molar-refractivity contribution in [3.63, 3.8) is 0 Å². The van der Waals surface area contributed by atoms with Gasteiger partial charge < -0.3 is 4.74 Å². The zero-order valence-electron chi connectivity index (χ0n) is 17.6. The Morgan fingerprint density at radius 1 is 1.06 bits per heavy atom. The summed E-state index contributed by atoms with van der Waals surface area (Å²) in [6.45, 7) is 9.20. The number of hydrogen-bond donors (Lipinski definition) is 0. The number of aromatic nitrogens is 4. The van der Waals surface area contributed by atoms with Crippen LogP contribution in [0.25, 0.3) is 21.7 Å². The summed E-state index contributed by atoms with van der Waals surface area (Å²) in [6.07, 6.45) is 0.709. The number of ether oxygens (including phenoxy) is 1. The molecule has 0 aliphatic rings. The highest BCUT2D eigenvalue weighted by molar-refractivity contribution is 5.69. The summed E-state index contributed by atoms with van der Waals surface area (Å²) in [5, 5.41) is 7.69. The van der Waals surface area contributed by atoms with E-state index in [0.29, 0.717) is 23.4 Å². The minimum Gasteiger partial charge on any atom is -0.486 e. The third-order valence-corrected chi connectivity index (χ3v) is 5.19. The minimum atomic E-state index is -0.511. The van der Waals surface area contributed by atoms with Crippen molar-refractivity contribution in [1.29, 1.82) is 0 Å². The first-order chi connectivity index (χ1) is 15.5. The predicted octanol–water partition coefficient (Wildman–Crippen LogP) is 4.46. The van der Waals surface area contributed by atoms with E-state index in [-0.39, 0.29) is 18.0 Å². The molecule has 4 rings (SSSR count). The molecule has 0 saturated carbocycles. The normalized spacial score (nSPS) is 10.7. The Kier molecular flexibility index (Phi) is 5.81. The Labute approximate surface area is 184 Å². The molecule has 0 saturated heterocycles. The third kappa shape index (κ3) is 4.01. The van der Waals surface area contributed by atoms with E-state index in [4.69, 9.17) is 11.3 Å². The van der Waals surface area contributed by atoms with Crippen LogP contribution in [0, 0.1) is 12.4 Å². The van der Waals surface area contributed by atoms with Gasteiger partial charge in [0.1, 0.15) is 6.61 Å². The molecular formula is C24H20FN5O2. The molecule has 1 heterocycles. The molecule has 160 valence electrons. The van der Waals surface area contributed by atoms with Gasteiger partial charge in [0.05, 0.1) is 12.3 Å². The van der Waals surface area contributed by atoms with Crippen LogP contribution in [0.15, 0.2) is 65.5 Å². The van der Waals surface area contributed by atoms with Crippen molar-refractivity contribution in [2.45, 2.75) is 20.0 Å². The van der Waals surface area contributed by atoms with Crippen LogP contribution in [0.3, 0.4) is 0 Å². The van der Waals surface area contributed by atoms with E-state index in [1.54, 1.807) is 36.4 Å². The number of rotatable bonds is 6. The van der Waals surface area contributed by atoms with Crippen molar-refractivity contribution in [2.24, 2.45) is 7.05 Å². The Bertz CT molecular complexity index is 1380. The maximum absolute atomic E-state index is 14.8. The quantitative estimate of drug-likeness (QED) is 0.425. The molecule has 3 aromatic carbocycles. The average molecular weight is 429 g/mol. The number of halogens is 1. The number of benzene rings is 3. The molecule has 1 aromatic heterocycles. The van der Waals surface area contributed by atoms with Crippen molar-refractivity contribution >= 4 is 5.69 Å². The highest BCUT2D eigenvalue weighted by Gasteiger charge is 2.16. The zero-order valence-corrected chi connectivity index (χ0v) is 17.6. The smallest absolute Gasteiger partial charge is 0.368 e. The molecule has 0 aliphatic heterocycles. The Balaban J connectivity index is 1.63. The lowest BCUT2D eigenvalue weighted by Gasteiger charge is -2.15. The summed E-state index contributed by atoms with van der Waals surface area (Å²) in [6, 6.07) is 17.3. The second kappa shape index (κ2) is 8.86. The fourth-order valence-corrected chi connectivity index (χ4v) is 3.48. The number of aryl methyl sites for hydroxylation is 2. The van der Waals surface area contributed by atoms with Gasteiger partial charge in [-0.2, -0.15) is 9.36 Å². The maximum Gasteiger partial charge on any atom is 0.368 e. The first-order valence-corrected chi connectivity index (χ1v) is 10.0. The molecule has 4 aromatic rings. The summed E-state index contributed by atoms with van der Waals surface area (Å²) in [7, 11) is 1.52. The second-order valence-corrected chi connectivity index (χ2v) is 7.16. The summed E-state index contributed by atoms with van der Waals surface area (Å²) >= 11 is 0. The third-order valence-electron chi connectivity index (χ3n) is 5.19. The van der Waals surface area contributed by atoms with E-state index in [0.717, 1.165) is 21.4 Å². The van der Waals surface area contributed by atoms with E-state index in [2.05, 4.69) is 15.3 Å². The van der Waals surface area contributed by atoms with Crippen molar-refractivity contribution in [1.82, 2.24) is 19.8 Å². The molecule has 0 spiro atoms. The van der Waals surface area contributed by atoms with Gasteiger partial charge in [-0.15, -0.1) is 0 Å². The van der Waals surface area contributed by atoms with Gasteiger partial charge in [-0.25, -0.2) is 14.0 Å². The molecule has 0 N–H and O–H groups in total. The van der Waals surface area contributed by atoms with Crippen LogP contribution in [0.4, 0.5) is 10.1 Å². The van der Waals surface area contributed by atoms with Crippen molar-refractivity contribution in [3.8, 4) is 22.6 Å². The lowest BCUT2D eigenvalue weighted by molar-refractivity contribution is 0.289. The first kappa shape index (κ1) is 21.0. The number of hydrogen-bond acceptors (Lipinski definition) is 4. The van der Waals surface area contributed by atoms with E-state index in [1.807, 2.05) is 25.1 Å². The number of tetrazole rings is 1. The van der Waals surface area contributed by atoms with E-state index in [1.165, 1.54) is 17.8 Å². The van der Waals surface area contributed by atoms with Crippen LogP contribution in [-0.2, 0) is 20.1 Å². The Morgan fingerprint density at radius 3 is 2.53 bits per heavy atom. The largest absolute Gasteiger partial charge is 0.486 e. The molecule has 0 amide bonds.